The quantitative estimate of drug-likeness (QED) is 0.817. The Kier molecular flexibility index (Phi) is 6.00. The summed E-state index contributed by atoms with van der Waals surface area (Å²) >= 11 is 0. The van der Waals surface area contributed by atoms with Crippen LogP contribution in [0.15, 0.2) is 30.6 Å². The van der Waals surface area contributed by atoms with E-state index in [4.69, 9.17) is 9.47 Å². The van der Waals surface area contributed by atoms with Gasteiger partial charge in [-0.25, -0.2) is 0 Å². The molecule has 1 aromatic carbocycles. The lowest BCUT2D eigenvalue weighted by molar-refractivity contribution is -0.125. The minimum Gasteiger partial charge on any atom is -0.493 e. The van der Waals surface area contributed by atoms with Crippen molar-refractivity contribution in [2.75, 3.05) is 26.9 Å². The maximum atomic E-state index is 12.5. The highest BCUT2D eigenvalue weighted by Crippen LogP contribution is 2.26. The fraction of sp³-hybridized carbons (Fsp3) is 0.500. The highest BCUT2D eigenvalue weighted by Gasteiger charge is 2.23. The summed E-state index contributed by atoms with van der Waals surface area (Å²) in [6.07, 6.45) is 3.78. The van der Waals surface area contributed by atoms with Crippen molar-refractivity contribution in [1.29, 1.82) is 0 Å². The van der Waals surface area contributed by atoms with Crippen molar-refractivity contribution in [2.45, 2.75) is 25.8 Å². The number of para-hydroxylation sites is 1. The molecule has 3 rings (SSSR count). The third kappa shape index (κ3) is 4.57. The topological polar surface area (TPSA) is 78.3 Å². The lowest BCUT2D eigenvalue weighted by atomic mass is 9.96. The van der Waals surface area contributed by atoms with Gasteiger partial charge in [0.25, 0.3) is 0 Å². The van der Waals surface area contributed by atoms with Crippen molar-refractivity contribution in [2.24, 2.45) is 5.92 Å². The smallest absolute Gasteiger partial charge is 0.223 e. The Bertz CT molecular complexity index is 701. The molecule has 1 N–H and O–H groups in total. The summed E-state index contributed by atoms with van der Waals surface area (Å²) in [5.74, 6) is 1.76. The highest BCUT2D eigenvalue weighted by atomic mass is 16.5. The number of amides is 1. The molecule has 1 aliphatic heterocycles. The zero-order valence-corrected chi connectivity index (χ0v) is 14.5. The first-order valence-corrected chi connectivity index (χ1v) is 8.62. The molecule has 1 atom stereocenters. The number of aromatic nitrogens is 3. The van der Waals surface area contributed by atoms with Gasteiger partial charge in [-0.3, -0.25) is 4.79 Å². The molecule has 25 heavy (non-hydrogen) atoms. The minimum absolute atomic E-state index is 0.0602. The van der Waals surface area contributed by atoms with Crippen molar-refractivity contribution >= 4 is 5.91 Å². The zero-order chi connectivity index (χ0) is 17.5. The van der Waals surface area contributed by atoms with Crippen LogP contribution in [0.3, 0.4) is 0 Å². The number of hydrogen-bond donors (Lipinski definition) is 1. The van der Waals surface area contributed by atoms with E-state index in [0.29, 0.717) is 39.1 Å². The van der Waals surface area contributed by atoms with E-state index in [2.05, 4.69) is 15.5 Å². The van der Waals surface area contributed by atoms with Crippen LogP contribution in [0.1, 0.15) is 17.8 Å². The fourth-order valence-electron chi connectivity index (χ4n) is 3.01. The molecule has 1 amide bonds. The summed E-state index contributed by atoms with van der Waals surface area (Å²) < 4.78 is 12.8. The second-order valence-electron chi connectivity index (χ2n) is 6.12. The standard InChI is InChI=1S/C18H24N4O3/c1-24-11-9-22-13-20-21-17(22)6-8-19-18(23)15-7-10-25-16-5-3-2-4-14(16)12-15/h2-5,13,15H,6-12H2,1H3,(H,19,23)/t15-/m0/s1. The van der Waals surface area contributed by atoms with Crippen molar-refractivity contribution in [3.05, 3.63) is 42.0 Å². The van der Waals surface area contributed by atoms with Crippen LogP contribution in [0, 0.1) is 5.92 Å². The Morgan fingerprint density at radius 2 is 2.32 bits per heavy atom. The van der Waals surface area contributed by atoms with Gasteiger partial charge in [-0.05, 0) is 24.5 Å². The average Bonchev–Trinajstić information content (AvgIpc) is 2.95. The number of ether oxygens (including phenoxy) is 2. The number of hydrogen-bond acceptors (Lipinski definition) is 5. The Morgan fingerprint density at radius 3 is 3.20 bits per heavy atom. The Labute approximate surface area is 147 Å². The molecule has 0 aliphatic carbocycles. The van der Waals surface area contributed by atoms with Gasteiger partial charge >= 0.3 is 0 Å². The van der Waals surface area contributed by atoms with Gasteiger partial charge in [-0.15, -0.1) is 10.2 Å². The van der Waals surface area contributed by atoms with E-state index in [9.17, 15) is 4.79 Å². The van der Waals surface area contributed by atoms with Crippen LogP contribution in [0.5, 0.6) is 5.75 Å². The van der Waals surface area contributed by atoms with Crippen LogP contribution in [0.25, 0.3) is 0 Å². The summed E-state index contributed by atoms with van der Waals surface area (Å²) in [6, 6.07) is 7.93. The van der Waals surface area contributed by atoms with Crippen molar-refractivity contribution < 1.29 is 14.3 Å². The molecule has 134 valence electrons. The van der Waals surface area contributed by atoms with Crippen molar-refractivity contribution in [1.82, 2.24) is 20.1 Å². The summed E-state index contributed by atoms with van der Waals surface area (Å²) in [4.78, 5) is 12.5. The second kappa shape index (κ2) is 8.62. The molecule has 0 saturated carbocycles. The van der Waals surface area contributed by atoms with E-state index in [1.807, 2.05) is 28.8 Å². The molecule has 2 heterocycles. The van der Waals surface area contributed by atoms with E-state index >= 15 is 0 Å². The number of nitrogens with one attached hydrogen (secondary N) is 1. The summed E-state index contributed by atoms with van der Waals surface area (Å²) in [6.45, 7) is 2.44. The Balaban J connectivity index is 1.50. The van der Waals surface area contributed by atoms with Gasteiger partial charge in [0.05, 0.1) is 13.2 Å². The third-order valence-electron chi connectivity index (χ3n) is 4.41. The molecule has 0 spiro atoms. The number of nitrogens with zero attached hydrogens (tertiary/aromatic N) is 3. The second-order valence-corrected chi connectivity index (χ2v) is 6.12. The van der Waals surface area contributed by atoms with Gasteiger partial charge < -0.3 is 19.4 Å². The third-order valence-corrected chi connectivity index (χ3v) is 4.41. The number of carbonyl (C=O) groups is 1. The van der Waals surface area contributed by atoms with Crippen LogP contribution < -0.4 is 10.1 Å². The number of methoxy groups -OCH3 is 1. The zero-order valence-electron chi connectivity index (χ0n) is 14.5. The molecule has 0 bridgehead atoms. The van der Waals surface area contributed by atoms with Crippen LogP contribution in [-0.2, 0) is 28.9 Å². The first-order chi connectivity index (χ1) is 12.3. The maximum Gasteiger partial charge on any atom is 0.223 e. The minimum atomic E-state index is -0.0602. The SMILES string of the molecule is COCCn1cnnc1CCNC(=O)[C@H]1CCOc2ccccc2C1. The molecule has 1 aliphatic rings. The molecule has 1 aromatic heterocycles. The molecular formula is C18H24N4O3. The van der Waals surface area contributed by atoms with Crippen molar-refractivity contribution in [3.8, 4) is 5.75 Å². The van der Waals surface area contributed by atoms with E-state index in [1.54, 1.807) is 13.4 Å². The van der Waals surface area contributed by atoms with Gasteiger partial charge in [-0.2, -0.15) is 0 Å². The lowest BCUT2D eigenvalue weighted by Gasteiger charge is -2.14. The van der Waals surface area contributed by atoms with Gasteiger partial charge in [0.1, 0.15) is 17.9 Å². The molecule has 0 saturated heterocycles. The largest absolute Gasteiger partial charge is 0.493 e. The molecule has 7 heteroatoms. The molecular weight excluding hydrogens is 320 g/mol. The van der Waals surface area contributed by atoms with Gasteiger partial charge in [0.15, 0.2) is 0 Å². The molecule has 0 fully saturated rings. The molecule has 0 unspecified atom stereocenters. The lowest BCUT2D eigenvalue weighted by Crippen LogP contribution is -2.34. The molecule has 7 nitrogen and oxygen atoms in total. The molecule has 0 radical (unpaired) electrons. The Hall–Kier alpha value is -2.41. The van der Waals surface area contributed by atoms with E-state index in [0.717, 1.165) is 23.6 Å². The number of rotatable bonds is 7. The van der Waals surface area contributed by atoms with Crippen LogP contribution in [-0.4, -0.2) is 47.5 Å². The predicted molar refractivity (Wildman–Crippen MR) is 92.4 cm³/mol. The number of benzene rings is 1. The number of fused-ring (bicyclic) bond motifs is 1. The fourth-order valence-corrected chi connectivity index (χ4v) is 3.01. The van der Waals surface area contributed by atoms with Crippen LogP contribution in [0.4, 0.5) is 0 Å². The van der Waals surface area contributed by atoms with Gasteiger partial charge in [-0.1, -0.05) is 18.2 Å². The monoisotopic (exact) mass is 344 g/mol. The van der Waals surface area contributed by atoms with Crippen molar-refractivity contribution in [3.63, 3.8) is 0 Å². The van der Waals surface area contributed by atoms with Crippen LogP contribution >= 0.6 is 0 Å². The summed E-state index contributed by atoms with van der Waals surface area (Å²) in [7, 11) is 1.67. The first-order valence-electron chi connectivity index (χ1n) is 8.62. The summed E-state index contributed by atoms with van der Waals surface area (Å²) in [5.41, 5.74) is 1.10. The normalized spacial score (nSPS) is 16.6. The van der Waals surface area contributed by atoms with Crippen LogP contribution in [0.2, 0.25) is 0 Å². The maximum absolute atomic E-state index is 12.5. The first kappa shape index (κ1) is 17.4. The van der Waals surface area contributed by atoms with E-state index in [1.165, 1.54) is 0 Å². The highest BCUT2D eigenvalue weighted by molar-refractivity contribution is 5.79. The van der Waals surface area contributed by atoms with Gasteiger partial charge in [0, 0.05) is 32.5 Å². The van der Waals surface area contributed by atoms with E-state index in [-0.39, 0.29) is 11.8 Å². The van der Waals surface area contributed by atoms with E-state index < -0.39 is 0 Å². The van der Waals surface area contributed by atoms with Gasteiger partial charge in [0.2, 0.25) is 5.91 Å². The average molecular weight is 344 g/mol. The summed E-state index contributed by atoms with van der Waals surface area (Å²) in [5, 5.41) is 11.1. The molecule has 2 aromatic rings. The Morgan fingerprint density at radius 1 is 1.44 bits per heavy atom. The number of carbonyl (C=O) groups excluding carboxylic acids is 1. The predicted octanol–water partition coefficient (Wildman–Crippen LogP) is 1.22.